The molecule has 0 atom stereocenters. The normalized spacial score (nSPS) is 15.0. The number of carbonyl (C=O) groups is 2. The molecule has 0 saturated carbocycles. The lowest BCUT2D eigenvalue weighted by atomic mass is 9.95. The third kappa shape index (κ3) is 1.69. The Morgan fingerprint density at radius 2 is 1.40 bits per heavy atom. The summed E-state index contributed by atoms with van der Waals surface area (Å²) in [6.45, 7) is 0. The number of fused-ring (bicyclic) bond motifs is 1. The van der Waals surface area contributed by atoms with E-state index < -0.39 is 5.78 Å². The van der Waals surface area contributed by atoms with Crippen molar-refractivity contribution in [2.45, 2.75) is 0 Å². The number of benzene rings is 1. The number of ketones is 2. The van der Waals surface area contributed by atoms with Crippen LogP contribution in [0.15, 0.2) is 23.2 Å². The van der Waals surface area contributed by atoms with Crippen molar-refractivity contribution in [1.29, 1.82) is 0 Å². The third-order valence-corrected chi connectivity index (χ3v) is 3.05. The lowest BCUT2D eigenvalue weighted by molar-refractivity contribution is 0.0990. The molecule has 1 aliphatic rings. The topological polar surface area (TPSA) is 34.1 Å². The molecule has 0 spiro atoms. The monoisotopic (exact) mass is 260 g/mol. The fourth-order valence-electron chi connectivity index (χ4n) is 1.33. The summed E-state index contributed by atoms with van der Waals surface area (Å²) < 4.78 is 0. The Morgan fingerprint density at radius 1 is 0.867 bits per heavy atom. The molecule has 0 N–H and O–H groups in total. The van der Waals surface area contributed by atoms with Crippen LogP contribution in [0.2, 0.25) is 10.0 Å². The Balaban J connectivity index is 2.73. The first-order valence-electron chi connectivity index (χ1n) is 3.96. The molecular weight excluding hydrogens is 258 g/mol. The first-order chi connectivity index (χ1) is 7.00. The van der Waals surface area contributed by atoms with E-state index in [2.05, 4.69) is 0 Å². The molecule has 0 radical (unpaired) electrons. The number of allylic oxidation sites excluding steroid dienone is 2. The molecule has 0 saturated heterocycles. The quantitative estimate of drug-likeness (QED) is 0.716. The highest BCUT2D eigenvalue weighted by Crippen LogP contribution is 2.31. The van der Waals surface area contributed by atoms with Gasteiger partial charge in [0.2, 0.25) is 5.78 Å². The van der Waals surface area contributed by atoms with Crippen molar-refractivity contribution < 1.29 is 9.59 Å². The van der Waals surface area contributed by atoms with E-state index in [4.69, 9.17) is 34.8 Å². The van der Waals surface area contributed by atoms with Crippen molar-refractivity contribution in [3.05, 3.63) is 44.4 Å². The molecular formula is C10H3Cl3O2. The molecule has 5 heteroatoms. The minimum Gasteiger partial charge on any atom is -0.289 e. The molecule has 0 amide bonds. The van der Waals surface area contributed by atoms with Gasteiger partial charge in [-0.2, -0.15) is 0 Å². The van der Waals surface area contributed by atoms with Gasteiger partial charge < -0.3 is 0 Å². The first kappa shape index (κ1) is 10.7. The summed E-state index contributed by atoms with van der Waals surface area (Å²) >= 11 is 17.1. The van der Waals surface area contributed by atoms with Crippen LogP contribution >= 0.6 is 34.8 Å². The molecule has 2 nitrogen and oxygen atoms in total. The van der Waals surface area contributed by atoms with Gasteiger partial charge in [-0.25, -0.2) is 0 Å². The smallest absolute Gasteiger partial charge is 0.205 e. The Labute approximate surface area is 100 Å². The molecule has 2 rings (SSSR count). The molecule has 0 unspecified atom stereocenters. The van der Waals surface area contributed by atoms with Crippen molar-refractivity contribution in [3.8, 4) is 0 Å². The maximum atomic E-state index is 11.6. The van der Waals surface area contributed by atoms with Crippen LogP contribution < -0.4 is 0 Å². The second-order valence-electron chi connectivity index (χ2n) is 3.00. The van der Waals surface area contributed by atoms with Gasteiger partial charge in [-0.15, -0.1) is 0 Å². The minimum absolute atomic E-state index is 0.106. The van der Waals surface area contributed by atoms with Crippen LogP contribution in [0.4, 0.5) is 0 Å². The highest BCUT2D eigenvalue weighted by Gasteiger charge is 2.25. The number of carbonyl (C=O) groups excluding carboxylic acids is 2. The highest BCUT2D eigenvalue weighted by atomic mass is 35.5. The first-order valence-corrected chi connectivity index (χ1v) is 5.09. The number of halogens is 3. The summed E-state index contributed by atoms with van der Waals surface area (Å²) in [5.74, 6) is -0.752. The Bertz CT molecular complexity index is 518. The highest BCUT2D eigenvalue weighted by molar-refractivity contribution is 6.50. The van der Waals surface area contributed by atoms with Crippen molar-refractivity contribution in [2.24, 2.45) is 0 Å². The zero-order valence-electron chi connectivity index (χ0n) is 7.18. The number of rotatable bonds is 0. The largest absolute Gasteiger partial charge is 0.289 e. The molecule has 1 aromatic rings. The molecule has 15 heavy (non-hydrogen) atoms. The summed E-state index contributed by atoms with van der Waals surface area (Å²) in [6.07, 6.45) is 1.08. The Hall–Kier alpha value is -0.830. The second-order valence-corrected chi connectivity index (χ2v) is 4.22. The standard InChI is InChI=1S/C10H3Cl3O2/c11-6-1-4-5(2-7(6)12)10(15)8(13)3-9(4)14/h1-3H. The maximum absolute atomic E-state index is 11.6. The van der Waals surface area contributed by atoms with Gasteiger partial charge in [0.15, 0.2) is 5.78 Å². The fraction of sp³-hybridized carbons (Fsp3) is 0. The van der Waals surface area contributed by atoms with E-state index in [1.54, 1.807) is 0 Å². The van der Waals surface area contributed by atoms with Crippen LogP contribution in [0.5, 0.6) is 0 Å². The molecule has 0 bridgehead atoms. The lowest BCUT2D eigenvalue weighted by Gasteiger charge is -2.12. The van der Waals surface area contributed by atoms with Gasteiger partial charge in [-0.1, -0.05) is 34.8 Å². The van der Waals surface area contributed by atoms with E-state index in [1.165, 1.54) is 12.1 Å². The average Bonchev–Trinajstić information content (AvgIpc) is 2.18. The number of Topliss-reactive ketones (excluding diaryl/α,β-unsaturated/α-hetero) is 1. The van der Waals surface area contributed by atoms with Crippen molar-refractivity contribution in [1.82, 2.24) is 0 Å². The Morgan fingerprint density at radius 3 is 2.00 bits per heavy atom. The predicted molar refractivity (Wildman–Crippen MR) is 59.1 cm³/mol. The van der Waals surface area contributed by atoms with Crippen LogP contribution in [0.25, 0.3) is 0 Å². The van der Waals surface area contributed by atoms with E-state index in [-0.39, 0.29) is 32.0 Å². The second kappa shape index (κ2) is 3.63. The van der Waals surface area contributed by atoms with E-state index in [0.717, 1.165) is 6.08 Å². The SMILES string of the molecule is O=C1C=C(Cl)C(=O)c2cc(Cl)c(Cl)cc21. The van der Waals surface area contributed by atoms with Gasteiger partial charge in [-0.3, -0.25) is 9.59 Å². The van der Waals surface area contributed by atoms with Gasteiger partial charge >= 0.3 is 0 Å². The van der Waals surface area contributed by atoms with Crippen LogP contribution in [-0.4, -0.2) is 11.6 Å². The van der Waals surface area contributed by atoms with Gasteiger partial charge in [0.25, 0.3) is 0 Å². The van der Waals surface area contributed by atoms with Gasteiger partial charge in [0.1, 0.15) is 0 Å². The summed E-state index contributed by atoms with van der Waals surface area (Å²) in [4.78, 5) is 23.1. The van der Waals surface area contributed by atoms with Crippen LogP contribution in [-0.2, 0) is 0 Å². The fourth-order valence-corrected chi connectivity index (χ4v) is 1.85. The predicted octanol–water partition coefficient (Wildman–Crippen LogP) is 3.50. The third-order valence-electron chi connectivity index (χ3n) is 2.05. The van der Waals surface area contributed by atoms with E-state index in [1.807, 2.05) is 0 Å². The summed E-state index contributed by atoms with van der Waals surface area (Å²) in [6, 6.07) is 2.73. The van der Waals surface area contributed by atoms with Crippen molar-refractivity contribution >= 4 is 46.4 Å². The van der Waals surface area contributed by atoms with Crippen LogP contribution in [0.1, 0.15) is 20.7 Å². The van der Waals surface area contributed by atoms with Gasteiger partial charge in [0.05, 0.1) is 15.1 Å². The van der Waals surface area contributed by atoms with Crippen molar-refractivity contribution in [2.75, 3.05) is 0 Å². The molecule has 1 aromatic carbocycles. The number of hydrogen-bond donors (Lipinski definition) is 0. The van der Waals surface area contributed by atoms with Crippen LogP contribution in [0.3, 0.4) is 0 Å². The number of hydrogen-bond acceptors (Lipinski definition) is 2. The summed E-state index contributed by atoms with van der Waals surface area (Å²) in [5.41, 5.74) is 0.431. The van der Waals surface area contributed by atoms with E-state index >= 15 is 0 Å². The van der Waals surface area contributed by atoms with E-state index in [0.29, 0.717) is 0 Å². The van der Waals surface area contributed by atoms with Crippen molar-refractivity contribution in [3.63, 3.8) is 0 Å². The minimum atomic E-state index is -0.412. The summed E-state index contributed by atoms with van der Waals surface area (Å²) in [5, 5.41) is 0.358. The lowest BCUT2D eigenvalue weighted by Crippen LogP contribution is -2.14. The molecule has 76 valence electrons. The molecule has 0 aliphatic heterocycles. The van der Waals surface area contributed by atoms with E-state index in [9.17, 15) is 9.59 Å². The molecule has 1 aliphatic carbocycles. The van der Waals surface area contributed by atoms with Gasteiger partial charge in [0, 0.05) is 17.2 Å². The Kier molecular flexibility index (Phi) is 2.59. The van der Waals surface area contributed by atoms with Crippen LogP contribution in [0, 0.1) is 0 Å². The molecule has 0 aromatic heterocycles. The zero-order valence-corrected chi connectivity index (χ0v) is 9.45. The average molecular weight is 261 g/mol. The summed E-state index contributed by atoms with van der Waals surface area (Å²) in [7, 11) is 0. The molecule has 0 heterocycles. The zero-order chi connectivity index (χ0) is 11.2. The van der Waals surface area contributed by atoms with Gasteiger partial charge in [-0.05, 0) is 12.1 Å². The molecule has 0 fully saturated rings. The maximum Gasteiger partial charge on any atom is 0.205 e.